The molecule has 0 aromatic carbocycles. The molecular weight excluding hydrogens is 409 g/mol. The highest BCUT2D eigenvalue weighted by molar-refractivity contribution is 14.0. The van der Waals surface area contributed by atoms with Crippen molar-refractivity contribution >= 4 is 35.8 Å². The lowest BCUT2D eigenvalue weighted by Crippen LogP contribution is -2.45. The Kier molecular flexibility index (Phi) is 11.5. The first-order chi connectivity index (χ1) is 10.4. The molecule has 1 aliphatic heterocycles. The van der Waals surface area contributed by atoms with Gasteiger partial charge < -0.3 is 20.7 Å². The van der Waals surface area contributed by atoms with E-state index in [2.05, 4.69) is 25.8 Å². The highest BCUT2D eigenvalue weighted by atomic mass is 127. The van der Waals surface area contributed by atoms with Gasteiger partial charge in [-0.2, -0.15) is 0 Å². The molecule has 3 N–H and O–H groups in total. The van der Waals surface area contributed by atoms with Crippen LogP contribution in [0.5, 0.6) is 0 Å². The maximum absolute atomic E-state index is 11.8. The Morgan fingerprint density at radius 1 is 1.22 bits per heavy atom. The third-order valence-corrected chi connectivity index (χ3v) is 3.06. The summed E-state index contributed by atoms with van der Waals surface area (Å²) in [5.41, 5.74) is -0.227. The van der Waals surface area contributed by atoms with E-state index in [0.717, 1.165) is 45.9 Å². The number of amides is 1. The summed E-state index contributed by atoms with van der Waals surface area (Å²) in [5, 5.41) is 9.32. The Morgan fingerprint density at radius 3 is 2.43 bits per heavy atom. The topological polar surface area (TPSA) is 78.0 Å². The molecule has 1 heterocycles. The third-order valence-electron chi connectivity index (χ3n) is 3.06. The van der Waals surface area contributed by atoms with Crippen LogP contribution in [0.25, 0.3) is 0 Å². The van der Waals surface area contributed by atoms with Gasteiger partial charge in [-0.25, -0.2) is 4.99 Å². The van der Waals surface area contributed by atoms with Crippen molar-refractivity contribution < 1.29 is 9.53 Å². The summed E-state index contributed by atoms with van der Waals surface area (Å²) in [5.74, 6) is 0.609. The van der Waals surface area contributed by atoms with Crippen LogP contribution < -0.4 is 16.0 Å². The molecule has 136 valence electrons. The smallest absolute Gasteiger partial charge is 0.242 e. The van der Waals surface area contributed by atoms with E-state index < -0.39 is 0 Å². The second kappa shape index (κ2) is 11.9. The van der Waals surface area contributed by atoms with E-state index in [1.165, 1.54) is 0 Å². The maximum atomic E-state index is 11.8. The second-order valence-corrected chi connectivity index (χ2v) is 6.37. The first-order valence-corrected chi connectivity index (χ1v) is 8.04. The van der Waals surface area contributed by atoms with Crippen LogP contribution >= 0.6 is 24.0 Å². The number of halogens is 1. The molecule has 0 radical (unpaired) electrons. The highest BCUT2D eigenvalue weighted by Gasteiger charge is 2.13. The van der Waals surface area contributed by atoms with Crippen LogP contribution in [-0.2, 0) is 9.53 Å². The quantitative estimate of drug-likeness (QED) is 0.316. The number of carbonyl (C=O) groups is 1. The molecule has 0 atom stereocenters. The fourth-order valence-electron chi connectivity index (χ4n) is 2.11. The molecule has 0 unspecified atom stereocenters. The number of ether oxygens (including phenoxy) is 1. The molecule has 1 rings (SSSR count). The molecule has 0 aromatic rings. The number of rotatable bonds is 6. The Labute approximate surface area is 157 Å². The van der Waals surface area contributed by atoms with Gasteiger partial charge >= 0.3 is 0 Å². The normalized spacial score (nSPS) is 16.4. The second-order valence-electron chi connectivity index (χ2n) is 6.37. The molecular formula is C15H32IN5O2. The average molecular weight is 441 g/mol. The molecule has 23 heavy (non-hydrogen) atoms. The summed E-state index contributed by atoms with van der Waals surface area (Å²) in [6, 6.07) is 0. The number of morpholine rings is 1. The molecule has 0 saturated carbocycles. The van der Waals surface area contributed by atoms with Crippen molar-refractivity contribution in [2.24, 2.45) is 4.99 Å². The van der Waals surface area contributed by atoms with Gasteiger partial charge in [0.05, 0.1) is 13.2 Å². The van der Waals surface area contributed by atoms with Crippen molar-refractivity contribution in [3.05, 3.63) is 0 Å². The minimum atomic E-state index is -0.227. The average Bonchev–Trinajstić information content (AvgIpc) is 2.44. The van der Waals surface area contributed by atoms with Gasteiger partial charge in [-0.3, -0.25) is 9.69 Å². The van der Waals surface area contributed by atoms with Crippen LogP contribution in [0.15, 0.2) is 4.99 Å². The predicted molar refractivity (Wildman–Crippen MR) is 105 cm³/mol. The van der Waals surface area contributed by atoms with Crippen molar-refractivity contribution in [1.29, 1.82) is 0 Å². The predicted octanol–water partition coefficient (Wildman–Crippen LogP) is 0.406. The van der Waals surface area contributed by atoms with Crippen molar-refractivity contribution in [2.75, 3.05) is 52.5 Å². The van der Waals surface area contributed by atoms with Crippen LogP contribution in [-0.4, -0.2) is 74.8 Å². The van der Waals surface area contributed by atoms with Gasteiger partial charge in [0.15, 0.2) is 5.96 Å². The van der Waals surface area contributed by atoms with Gasteiger partial charge in [0.25, 0.3) is 0 Å². The SMILES string of the molecule is CCNC(=NCC(=O)NC(C)(C)C)NCCN1CCOCC1.I. The standard InChI is InChI=1S/C15H31N5O2.HI/c1-5-16-14(18-12-13(21)19-15(2,3)4)17-6-7-20-8-10-22-11-9-20;/h5-12H2,1-4H3,(H,19,21)(H2,16,17,18);1H. The number of hydrogen-bond donors (Lipinski definition) is 3. The van der Waals surface area contributed by atoms with Gasteiger partial charge in [0.1, 0.15) is 6.54 Å². The number of carbonyl (C=O) groups excluding carboxylic acids is 1. The first-order valence-electron chi connectivity index (χ1n) is 8.04. The largest absolute Gasteiger partial charge is 0.379 e. The minimum absolute atomic E-state index is 0. The molecule has 7 nitrogen and oxygen atoms in total. The lowest BCUT2D eigenvalue weighted by molar-refractivity contribution is -0.121. The highest BCUT2D eigenvalue weighted by Crippen LogP contribution is 1.97. The monoisotopic (exact) mass is 441 g/mol. The Bertz CT molecular complexity index is 365. The van der Waals surface area contributed by atoms with Crippen LogP contribution in [0.2, 0.25) is 0 Å². The van der Waals surface area contributed by atoms with Crippen molar-refractivity contribution in [3.8, 4) is 0 Å². The maximum Gasteiger partial charge on any atom is 0.242 e. The minimum Gasteiger partial charge on any atom is -0.379 e. The Balaban J connectivity index is 0.00000484. The van der Waals surface area contributed by atoms with E-state index in [9.17, 15) is 4.79 Å². The number of aliphatic imine (C=N–C) groups is 1. The van der Waals surface area contributed by atoms with Gasteiger partial charge in [0.2, 0.25) is 5.91 Å². The van der Waals surface area contributed by atoms with Gasteiger partial charge in [-0.05, 0) is 27.7 Å². The number of hydrogen-bond acceptors (Lipinski definition) is 4. The lowest BCUT2D eigenvalue weighted by atomic mass is 10.1. The fraction of sp³-hybridized carbons (Fsp3) is 0.867. The molecule has 0 aromatic heterocycles. The fourth-order valence-corrected chi connectivity index (χ4v) is 2.11. The molecule has 0 aliphatic carbocycles. The lowest BCUT2D eigenvalue weighted by Gasteiger charge is -2.26. The molecule has 1 saturated heterocycles. The number of guanidine groups is 1. The molecule has 1 amide bonds. The molecule has 8 heteroatoms. The van der Waals surface area contributed by atoms with E-state index in [1.54, 1.807) is 0 Å². The number of nitrogens with one attached hydrogen (secondary N) is 3. The van der Waals surface area contributed by atoms with Crippen molar-refractivity contribution in [1.82, 2.24) is 20.9 Å². The van der Waals surface area contributed by atoms with Gasteiger partial charge in [-0.15, -0.1) is 24.0 Å². The number of nitrogens with zero attached hydrogens (tertiary/aromatic N) is 2. The summed E-state index contributed by atoms with van der Waals surface area (Å²) in [4.78, 5) is 18.5. The molecule has 0 spiro atoms. The Morgan fingerprint density at radius 2 is 1.87 bits per heavy atom. The summed E-state index contributed by atoms with van der Waals surface area (Å²) in [6.07, 6.45) is 0. The van der Waals surface area contributed by atoms with Crippen LogP contribution in [0.4, 0.5) is 0 Å². The Hall–Kier alpha value is -0.610. The molecule has 1 aliphatic rings. The van der Waals surface area contributed by atoms with E-state index in [-0.39, 0.29) is 42.0 Å². The van der Waals surface area contributed by atoms with E-state index in [4.69, 9.17) is 4.74 Å². The van der Waals surface area contributed by atoms with E-state index >= 15 is 0 Å². The van der Waals surface area contributed by atoms with Crippen molar-refractivity contribution in [3.63, 3.8) is 0 Å². The summed E-state index contributed by atoms with van der Waals surface area (Å²) in [7, 11) is 0. The molecule has 1 fully saturated rings. The zero-order valence-electron chi connectivity index (χ0n) is 14.8. The van der Waals surface area contributed by atoms with Gasteiger partial charge in [-0.1, -0.05) is 0 Å². The van der Waals surface area contributed by atoms with Crippen LogP contribution in [0, 0.1) is 0 Å². The summed E-state index contributed by atoms with van der Waals surface area (Å²) < 4.78 is 5.33. The van der Waals surface area contributed by atoms with Crippen LogP contribution in [0.3, 0.4) is 0 Å². The summed E-state index contributed by atoms with van der Waals surface area (Å²) in [6.45, 7) is 14.1. The van der Waals surface area contributed by atoms with Crippen molar-refractivity contribution in [2.45, 2.75) is 33.2 Å². The summed E-state index contributed by atoms with van der Waals surface area (Å²) >= 11 is 0. The van der Waals surface area contributed by atoms with E-state index in [1.807, 2.05) is 27.7 Å². The zero-order chi connectivity index (χ0) is 16.4. The third kappa shape index (κ3) is 11.5. The van der Waals surface area contributed by atoms with Crippen LogP contribution in [0.1, 0.15) is 27.7 Å². The first kappa shape index (κ1) is 22.4. The molecule has 0 bridgehead atoms. The zero-order valence-corrected chi connectivity index (χ0v) is 17.1. The van der Waals surface area contributed by atoms with Gasteiger partial charge in [0, 0.05) is 38.3 Å². The van der Waals surface area contributed by atoms with E-state index in [0.29, 0.717) is 5.96 Å².